The molecule has 134 valence electrons. The topological polar surface area (TPSA) is 41.1 Å². The minimum absolute atomic E-state index is 0. The molecule has 4 heteroatoms. The number of halogens is 1. The zero-order valence-corrected chi connectivity index (χ0v) is 15.5. The lowest BCUT2D eigenvalue weighted by molar-refractivity contribution is -0.120. The van der Waals surface area contributed by atoms with E-state index in [1.807, 2.05) is 12.1 Å². The van der Waals surface area contributed by atoms with Gasteiger partial charge in [0.05, 0.1) is 6.54 Å². The summed E-state index contributed by atoms with van der Waals surface area (Å²) in [5, 5.41) is 6.43. The second-order valence-corrected chi connectivity index (χ2v) is 6.73. The molecule has 0 radical (unpaired) electrons. The first-order valence-corrected chi connectivity index (χ1v) is 8.84. The van der Waals surface area contributed by atoms with Crippen LogP contribution in [0.15, 0.2) is 60.7 Å². The van der Waals surface area contributed by atoms with Crippen LogP contribution in [-0.4, -0.2) is 25.0 Å². The van der Waals surface area contributed by atoms with E-state index >= 15 is 0 Å². The monoisotopic (exact) mass is 358 g/mol. The largest absolute Gasteiger partial charge is 0.352 e. The lowest BCUT2D eigenvalue weighted by atomic mass is 9.86. The molecular weight excluding hydrogens is 332 g/mol. The van der Waals surface area contributed by atoms with Gasteiger partial charge in [0.25, 0.3) is 0 Å². The summed E-state index contributed by atoms with van der Waals surface area (Å²) in [6, 6.07) is 20.8. The van der Waals surface area contributed by atoms with Gasteiger partial charge in [-0.1, -0.05) is 60.7 Å². The molecule has 3 rings (SSSR count). The summed E-state index contributed by atoms with van der Waals surface area (Å²) in [5.41, 5.74) is 2.45. The summed E-state index contributed by atoms with van der Waals surface area (Å²) in [5.74, 6) is 1.01. The molecule has 0 aliphatic heterocycles. The van der Waals surface area contributed by atoms with Gasteiger partial charge in [0.2, 0.25) is 5.91 Å². The Kier molecular flexibility index (Phi) is 7.48. The molecule has 1 aliphatic carbocycles. The van der Waals surface area contributed by atoms with Gasteiger partial charge in [0, 0.05) is 12.0 Å². The number of hydrogen-bond donors (Lipinski definition) is 2. The molecule has 0 saturated heterocycles. The van der Waals surface area contributed by atoms with Crippen molar-refractivity contribution in [3.8, 4) is 0 Å². The van der Waals surface area contributed by atoms with E-state index in [1.165, 1.54) is 24.0 Å². The van der Waals surface area contributed by atoms with Crippen LogP contribution in [0, 0.1) is 5.92 Å². The highest BCUT2D eigenvalue weighted by molar-refractivity contribution is 5.85. The third kappa shape index (κ3) is 5.87. The van der Waals surface area contributed by atoms with E-state index in [4.69, 9.17) is 0 Å². The van der Waals surface area contributed by atoms with E-state index < -0.39 is 0 Å². The fraction of sp³-hybridized carbons (Fsp3) is 0.381. The zero-order valence-electron chi connectivity index (χ0n) is 14.7. The molecule has 1 aliphatic rings. The van der Waals surface area contributed by atoms with Crippen LogP contribution in [0.1, 0.15) is 36.8 Å². The van der Waals surface area contributed by atoms with Gasteiger partial charge in [0.15, 0.2) is 0 Å². The van der Waals surface area contributed by atoms with Crippen LogP contribution in [0.5, 0.6) is 0 Å². The maximum atomic E-state index is 12.2. The van der Waals surface area contributed by atoms with Crippen molar-refractivity contribution in [2.75, 3.05) is 13.1 Å². The van der Waals surface area contributed by atoms with Gasteiger partial charge in [-0.3, -0.25) is 4.79 Å². The number of hydrogen-bond acceptors (Lipinski definition) is 2. The van der Waals surface area contributed by atoms with Crippen LogP contribution in [0.2, 0.25) is 0 Å². The fourth-order valence-corrected chi connectivity index (χ4v) is 3.19. The number of carbonyl (C=O) groups excluding carboxylic acids is 1. The van der Waals surface area contributed by atoms with E-state index in [2.05, 4.69) is 66.1 Å². The lowest BCUT2D eigenvalue weighted by Crippen LogP contribution is -2.42. The first-order chi connectivity index (χ1) is 11.7. The van der Waals surface area contributed by atoms with Gasteiger partial charge in [-0.05, 0) is 43.4 Å². The third-order valence-corrected chi connectivity index (χ3v) is 4.62. The summed E-state index contributed by atoms with van der Waals surface area (Å²) in [6.45, 7) is 3.45. The standard InChI is InChI=1S/C21H26N2O.ClH/c1-16(23-20(24)15-22-14-17-12-13-17)21(18-8-4-2-5-9-18)19-10-6-3-7-11-19;/h2-11,16-17,21-22H,12-15H2,1H3,(H,23,24);1H. The molecule has 2 aromatic carbocycles. The zero-order chi connectivity index (χ0) is 16.8. The Hall–Kier alpha value is -1.84. The van der Waals surface area contributed by atoms with Crippen molar-refractivity contribution in [1.29, 1.82) is 0 Å². The average molecular weight is 359 g/mol. The number of carbonyl (C=O) groups is 1. The Labute approximate surface area is 156 Å². The molecule has 1 unspecified atom stereocenters. The molecule has 1 amide bonds. The first kappa shape index (κ1) is 19.5. The minimum Gasteiger partial charge on any atom is -0.352 e. The van der Waals surface area contributed by atoms with Crippen LogP contribution in [0.25, 0.3) is 0 Å². The Morgan fingerprint density at radius 3 is 2.00 bits per heavy atom. The molecule has 2 N–H and O–H groups in total. The SMILES string of the molecule is CC(NC(=O)CNCC1CC1)C(c1ccccc1)c1ccccc1.Cl. The second-order valence-electron chi connectivity index (χ2n) is 6.73. The predicted octanol–water partition coefficient (Wildman–Crippen LogP) is 3.74. The van der Waals surface area contributed by atoms with Gasteiger partial charge in [-0.2, -0.15) is 0 Å². The molecule has 2 aromatic rings. The third-order valence-electron chi connectivity index (χ3n) is 4.62. The molecule has 1 saturated carbocycles. The lowest BCUT2D eigenvalue weighted by Gasteiger charge is -2.26. The fourth-order valence-electron chi connectivity index (χ4n) is 3.19. The average Bonchev–Trinajstić information content (AvgIpc) is 3.41. The molecule has 0 spiro atoms. The van der Waals surface area contributed by atoms with Crippen molar-refractivity contribution in [2.45, 2.75) is 31.7 Å². The van der Waals surface area contributed by atoms with E-state index in [1.54, 1.807) is 0 Å². The Morgan fingerprint density at radius 2 is 1.52 bits per heavy atom. The molecule has 0 bridgehead atoms. The van der Waals surface area contributed by atoms with Crippen LogP contribution in [-0.2, 0) is 4.79 Å². The maximum absolute atomic E-state index is 12.2. The molecule has 0 aromatic heterocycles. The summed E-state index contributed by atoms with van der Waals surface area (Å²) in [6.07, 6.45) is 2.60. The molecule has 1 atom stereocenters. The smallest absolute Gasteiger partial charge is 0.234 e. The number of rotatable bonds is 8. The number of nitrogens with one attached hydrogen (secondary N) is 2. The summed E-state index contributed by atoms with van der Waals surface area (Å²) in [7, 11) is 0. The molecule has 25 heavy (non-hydrogen) atoms. The highest BCUT2D eigenvalue weighted by atomic mass is 35.5. The van der Waals surface area contributed by atoms with Gasteiger partial charge < -0.3 is 10.6 Å². The molecule has 3 nitrogen and oxygen atoms in total. The van der Waals surface area contributed by atoms with Crippen molar-refractivity contribution in [3.63, 3.8) is 0 Å². The Bertz CT molecular complexity index is 604. The molecule has 0 heterocycles. The normalized spacial score (nSPS) is 14.6. The van der Waals surface area contributed by atoms with Crippen molar-refractivity contribution in [1.82, 2.24) is 10.6 Å². The highest BCUT2D eigenvalue weighted by Gasteiger charge is 2.23. The second kappa shape index (κ2) is 9.59. The van der Waals surface area contributed by atoms with Crippen molar-refractivity contribution >= 4 is 18.3 Å². The van der Waals surface area contributed by atoms with Gasteiger partial charge >= 0.3 is 0 Å². The maximum Gasteiger partial charge on any atom is 0.234 e. The van der Waals surface area contributed by atoms with Gasteiger partial charge in [-0.15, -0.1) is 12.4 Å². The summed E-state index contributed by atoms with van der Waals surface area (Å²) in [4.78, 5) is 12.2. The van der Waals surface area contributed by atoms with Crippen LogP contribution in [0.3, 0.4) is 0 Å². The number of amides is 1. The van der Waals surface area contributed by atoms with E-state index in [-0.39, 0.29) is 30.3 Å². The van der Waals surface area contributed by atoms with Crippen molar-refractivity contribution in [2.24, 2.45) is 5.92 Å². The van der Waals surface area contributed by atoms with Crippen LogP contribution < -0.4 is 10.6 Å². The van der Waals surface area contributed by atoms with Crippen LogP contribution in [0.4, 0.5) is 0 Å². The summed E-state index contributed by atoms with van der Waals surface area (Å²) >= 11 is 0. The molecular formula is C21H27ClN2O. The predicted molar refractivity (Wildman–Crippen MR) is 105 cm³/mol. The summed E-state index contributed by atoms with van der Waals surface area (Å²) < 4.78 is 0. The van der Waals surface area contributed by atoms with Crippen molar-refractivity contribution < 1.29 is 4.79 Å². The Balaban J connectivity index is 0.00000225. The van der Waals surface area contributed by atoms with Gasteiger partial charge in [0.1, 0.15) is 0 Å². The highest BCUT2D eigenvalue weighted by Crippen LogP contribution is 2.28. The minimum atomic E-state index is 0. The van der Waals surface area contributed by atoms with Gasteiger partial charge in [-0.25, -0.2) is 0 Å². The quantitative estimate of drug-likeness (QED) is 0.754. The molecule has 1 fully saturated rings. The van der Waals surface area contributed by atoms with E-state index in [9.17, 15) is 4.79 Å². The van der Waals surface area contributed by atoms with E-state index in [0.717, 1.165) is 12.5 Å². The first-order valence-electron chi connectivity index (χ1n) is 8.84. The van der Waals surface area contributed by atoms with E-state index in [0.29, 0.717) is 6.54 Å². The number of benzene rings is 2. The van der Waals surface area contributed by atoms with Crippen molar-refractivity contribution in [3.05, 3.63) is 71.8 Å². The Morgan fingerprint density at radius 1 is 1.00 bits per heavy atom. The van der Waals surface area contributed by atoms with Crippen LogP contribution >= 0.6 is 12.4 Å².